The van der Waals surface area contributed by atoms with E-state index in [1.165, 1.54) is 13.2 Å². The molecule has 12 nitrogen and oxygen atoms in total. The zero-order chi connectivity index (χ0) is 33.9. The normalized spacial score (nSPS) is 16.6. The van der Waals surface area contributed by atoms with Gasteiger partial charge in [-0.05, 0) is 68.6 Å². The molecule has 0 saturated carbocycles. The number of rotatable bonds is 13. The molecule has 1 fully saturated rings. The van der Waals surface area contributed by atoms with Crippen LogP contribution in [0.25, 0.3) is 11.1 Å². The Balaban J connectivity index is 1.84. The van der Waals surface area contributed by atoms with Crippen LogP contribution in [0.15, 0.2) is 61.2 Å². The minimum Gasteiger partial charge on any atom is -0.467 e. The molecule has 0 bridgehead atoms. The number of nitrogens with two attached hydrogens (primary N) is 1. The maximum atomic E-state index is 13.6. The van der Waals surface area contributed by atoms with Crippen LogP contribution in [0.2, 0.25) is 0 Å². The number of carbonyl (C=O) groups excluding carboxylic acids is 5. The predicted octanol–water partition coefficient (Wildman–Crippen LogP) is 4.74. The largest absolute Gasteiger partial charge is 0.467 e. The molecule has 0 aliphatic carbocycles. The number of likely N-dealkylation sites (tertiary alicyclic amines) is 1. The molecule has 3 atom stereocenters. The van der Waals surface area contributed by atoms with E-state index >= 15 is 0 Å². The summed E-state index contributed by atoms with van der Waals surface area (Å²) < 4.78 is 15.6. The first-order valence-corrected chi connectivity index (χ1v) is 15.7. The monoisotopic (exact) mass is 654 g/mol. The van der Waals surface area contributed by atoms with Crippen LogP contribution in [0.3, 0.4) is 0 Å². The summed E-state index contributed by atoms with van der Waals surface area (Å²) in [5.41, 5.74) is 6.88. The van der Waals surface area contributed by atoms with Gasteiger partial charge in [-0.15, -0.1) is 0 Å². The molecule has 46 heavy (non-hydrogen) atoms. The highest BCUT2D eigenvalue weighted by molar-refractivity contribution is 8.13. The molecular weight excluding hydrogens is 612 g/mol. The highest BCUT2D eigenvalue weighted by Crippen LogP contribution is 2.32. The number of hydrogen-bond acceptors (Lipinski definition) is 10. The highest BCUT2D eigenvalue weighted by Gasteiger charge is 2.38. The number of nitrogens with one attached hydrogen (secondary N) is 2. The van der Waals surface area contributed by atoms with Crippen LogP contribution in [0.5, 0.6) is 0 Å². The highest BCUT2D eigenvalue weighted by atomic mass is 32.2. The lowest BCUT2D eigenvalue weighted by atomic mass is 9.98. The summed E-state index contributed by atoms with van der Waals surface area (Å²) in [5.74, 6) is -1.86. The molecular formula is C33H42N4O8S. The second-order valence-corrected chi connectivity index (χ2v) is 12.9. The molecule has 4 N–H and O–H groups in total. The molecule has 13 heteroatoms. The molecule has 1 unspecified atom stereocenters. The van der Waals surface area contributed by atoms with E-state index in [4.69, 9.17) is 19.9 Å². The van der Waals surface area contributed by atoms with Gasteiger partial charge in [-0.2, -0.15) is 0 Å². The van der Waals surface area contributed by atoms with Crippen LogP contribution in [-0.2, 0) is 23.8 Å². The van der Waals surface area contributed by atoms with Gasteiger partial charge in [-0.1, -0.05) is 49.1 Å². The van der Waals surface area contributed by atoms with E-state index in [0.29, 0.717) is 24.2 Å². The quantitative estimate of drug-likeness (QED) is 0.156. The van der Waals surface area contributed by atoms with Crippen LogP contribution in [0.1, 0.15) is 50.4 Å². The molecule has 2 aromatic carbocycles. The molecule has 2 aromatic rings. The second kappa shape index (κ2) is 16.7. The molecule has 0 spiro atoms. The Bertz CT molecular complexity index is 1410. The minimum atomic E-state index is -1.08. The van der Waals surface area contributed by atoms with E-state index in [1.54, 1.807) is 37.8 Å². The lowest BCUT2D eigenvalue weighted by Crippen LogP contribution is -2.42. The standard InChI is InChI=1S/C33H42N4O8S/c1-6-16-44-31(41)37-20-24(46-32(42)45-33(2,3)4)18-23(37)19-35-22-12-13-25(21-10-8-7-9-11-21)26(17-22)29(39)36-27(30(40)43-5)14-15-28(34)38/h6-13,17,23-24,27,35H,1,14-16,18-20H2,2-5H3,(H2,34,38)(H,36,39)/t23-,24-,27?/m0/s1. The Morgan fingerprint density at radius 3 is 2.48 bits per heavy atom. The summed E-state index contributed by atoms with van der Waals surface area (Å²) in [4.78, 5) is 64.4. The van der Waals surface area contributed by atoms with Gasteiger partial charge in [0.1, 0.15) is 18.2 Å². The summed E-state index contributed by atoms with van der Waals surface area (Å²) in [6, 6.07) is 13.1. The van der Waals surface area contributed by atoms with E-state index in [9.17, 15) is 24.0 Å². The number of amides is 3. The number of benzene rings is 2. The summed E-state index contributed by atoms with van der Waals surface area (Å²) in [6.07, 6.45) is 1.31. The number of thioether (sulfide) groups is 1. The van der Waals surface area contributed by atoms with Crippen LogP contribution >= 0.6 is 11.8 Å². The van der Waals surface area contributed by atoms with E-state index in [2.05, 4.69) is 17.2 Å². The van der Waals surface area contributed by atoms with Crippen molar-refractivity contribution in [3.05, 3.63) is 66.7 Å². The maximum absolute atomic E-state index is 13.6. The van der Waals surface area contributed by atoms with Crippen molar-refractivity contribution in [2.24, 2.45) is 5.73 Å². The summed E-state index contributed by atoms with van der Waals surface area (Å²) >= 11 is 1.05. The number of nitrogens with zero attached hydrogens (tertiary/aromatic N) is 1. The third kappa shape index (κ3) is 10.8. The van der Waals surface area contributed by atoms with Crippen molar-refractivity contribution in [2.45, 2.75) is 63.0 Å². The van der Waals surface area contributed by atoms with Gasteiger partial charge in [0.15, 0.2) is 0 Å². The molecule has 1 heterocycles. The van der Waals surface area contributed by atoms with E-state index in [1.807, 2.05) is 36.4 Å². The van der Waals surface area contributed by atoms with Crippen LogP contribution in [0.4, 0.5) is 15.3 Å². The van der Waals surface area contributed by atoms with Gasteiger partial charge in [0.25, 0.3) is 5.91 Å². The average Bonchev–Trinajstić information content (AvgIpc) is 3.41. The topological polar surface area (TPSA) is 166 Å². The zero-order valence-electron chi connectivity index (χ0n) is 26.6. The van der Waals surface area contributed by atoms with Crippen molar-refractivity contribution < 1.29 is 38.2 Å². The first-order chi connectivity index (χ1) is 21.8. The van der Waals surface area contributed by atoms with Gasteiger partial charge < -0.3 is 35.5 Å². The van der Waals surface area contributed by atoms with Crippen molar-refractivity contribution >= 4 is 46.6 Å². The Labute approximate surface area is 273 Å². The Morgan fingerprint density at radius 1 is 1.13 bits per heavy atom. The number of carbonyl (C=O) groups is 5. The molecule has 248 valence electrons. The summed E-state index contributed by atoms with van der Waals surface area (Å²) in [5, 5.41) is 5.37. The maximum Gasteiger partial charge on any atom is 0.410 e. The Morgan fingerprint density at radius 2 is 1.85 bits per heavy atom. The molecule has 0 aromatic heterocycles. The van der Waals surface area contributed by atoms with Gasteiger partial charge in [-0.25, -0.2) is 14.4 Å². The van der Waals surface area contributed by atoms with Crippen molar-refractivity contribution in [1.29, 1.82) is 0 Å². The molecule has 0 radical (unpaired) electrons. The van der Waals surface area contributed by atoms with Gasteiger partial charge >= 0.3 is 17.4 Å². The molecule has 1 saturated heterocycles. The van der Waals surface area contributed by atoms with Gasteiger partial charge in [0.05, 0.1) is 13.2 Å². The third-order valence-electron chi connectivity index (χ3n) is 6.95. The van der Waals surface area contributed by atoms with E-state index in [0.717, 1.165) is 17.3 Å². The molecule has 3 rings (SSSR count). The average molecular weight is 655 g/mol. The van der Waals surface area contributed by atoms with Crippen LogP contribution in [-0.4, -0.2) is 83.8 Å². The molecule has 3 amide bonds. The number of primary amides is 1. The SMILES string of the molecule is C=CCOC(=O)N1C[C@@H](SC(=O)OC(C)(C)C)C[C@H]1CNc1ccc(-c2ccccc2)c(C(=O)NC(CCC(N)=O)C(=O)OC)c1. The van der Waals surface area contributed by atoms with E-state index in [-0.39, 0.29) is 42.8 Å². The smallest absolute Gasteiger partial charge is 0.410 e. The minimum absolute atomic E-state index is 0.0195. The number of esters is 1. The first kappa shape index (κ1) is 36.0. The van der Waals surface area contributed by atoms with Crippen LogP contribution < -0.4 is 16.4 Å². The fraction of sp³-hybridized carbons (Fsp3) is 0.424. The van der Waals surface area contributed by atoms with E-state index < -0.39 is 40.8 Å². The lowest BCUT2D eigenvalue weighted by Gasteiger charge is -2.24. The van der Waals surface area contributed by atoms with Crippen molar-refractivity contribution in [3.8, 4) is 11.1 Å². The second-order valence-electron chi connectivity index (χ2n) is 11.7. The molecule has 1 aliphatic heterocycles. The fourth-order valence-corrected chi connectivity index (χ4v) is 5.98. The third-order valence-corrected chi connectivity index (χ3v) is 7.90. The van der Waals surface area contributed by atoms with Gasteiger partial charge in [-0.3, -0.25) is 9.59 Å². The number of ether oxygens (including phenoxy) is 3. The van der Waals surface area contributed by atoms with Crippen molar-refractivity contribution in [2.75, 3.05) is 32.1 Å². The van der Waals surface area contributed by atoms with Gasteiger partial charge in [0, 0.05) is 36.0 Å². The van der Waals surface area contributed by atoms with Gasteiger partial charge in [0.2, 0.25) is 5.91 Å². The summed E-state index contributed by atoms with van der Waals surface area (Å²) in [6.45, 7) is 9.59. The Kier molecular flexibility index (Phi) is 13.0. The predicted molar refractivity (Wildman–Crippen MR) is 176 cm³/mol. The summed E-state index contributed by atoms with van der Waals surface area (Å²) in [7, 11) is 1.20. The number of hydrogen-bond donors (Lipinski definition) is 3. The van der Waals surface area contributed by atoms with Crippen molar-refractivity contribution in [3.63, 3.8) is 0 Å². The number of methoxy groups -OCH3 is 1. The van der Waals surface area contributed by atoms with Crippen molar-refractivity contribution in [1.82, 2.24) is 10.2 Å². The van der Waals surface area contributed by atoms with Crippen LogP contribution in [0, 0.1) is 0 Å². The lowest BCUT2D eigenvalue weighted by molar-refractivity contribution is -0.143. The fourth-order valence-electron chi connectivity index (χ4n) is 4.86. The number of anilines is 1. The zero-order valence-corrected chi connectivity index (χ0v) is 27.4. The molecule has 1 aliphatic rings. The first-order valence-electron chi connectivity index (χ1n) is 14.9. The Hall–Kier alpha value is -4.52.